The normalized spacial score (nSPS) is 10.5. The van der Waals surface area contributed by atoms with Gasteiger partial charge >= 0.3 is 0 Å². The van der Waals surface area contributed by atoms with E-state index in [0.29, 0.717) is 36.3 Å². The van der Waals surface area contributed by atoms with E-state index < -0.39 is 0 Å². The lowest BCUT2D eigenvalue weighted by Gasteiger charge is -2.15. The average molecular weight is 450 g/mol. The Hall–Kier alpha value is -4.23. The average Bonchev–Trinajstić information content (AvgIpc) is 2.87. The largest absolute Gasteiger partial charge is 0.490 e. The molecule has 0 aliphatic rings. The van der Waals surface area contributed by atoms with Crippen LogP contribution >= 0.6 is 0 Å². The van der Waals surface area contributed by atoms with Crippen LogP contribution in [0.5, 0.6) is 17.5 Å². The van der Waals surface area contributed by atoms with E-state index in [-0.39, 0.29) is 6.10 Å². The maximum Gasteiger partial charge on any atom is 0.225 e. The van der Waals surface area contributed by atoms with Gasteiger partial charge in [0.15, 0.2) is 0 Å². The van der Waals surface area contributed by atoms with E-state index in [4.69, 9.17) is 20.6 Å². The Bertz CT molecular complexity index is 1260. The monoisotopic (exact) mass is 449 g/mol. The summed E-state index contributed by atoms with van der Waals surface area (Å²) >= 11 is 0. The second-order valence-corrected chi connectivity index (χ2v) is 8.07. The van der Waals surface area contributed by atoms with Crippen LogP contribution in [-0.4, -0.2) is 11.1 Å². The predicted octanol–water partition coefficient (Wildman–Crippen LogP) is 6.68. The summed E-state index contributed by atoms with van der Waals surface area (Å²) in [4.78, 5) is 4.68. The minimum Gasteiger partial charge on any atom is -0.490 e. The number of hydrogen-bond acceptors (Lipinski definition) is 4. The van der Waals surface area contributed by atoms with E-state index in [1.165, 1.54) is 0 Å². The van der Waals surface area contributed by atoms with E-state index in [0.717, 1.165) is 22.3 Å². The molecule has 0 spiro atoms. The van der Waals surface area contributed by atoms with Gasteiger partial charge in [0.05, 0.1) is 11.7 Å². The van der Waals surface area contributed by atoms with Gasteiger partial charge in [0, 0.05) is 11.6 Å². The second-order valence-electron chi connectivity index (χ2n) is 8.07. The number of aromatic nitrogens is 1. The third-order valence-corrected chi connectivity index (χ3v) is 5.09. The first-order chi connectivity index (χ1) is 16.6. The van der Waals surface area contributed by atoms with Crippen LogP contribution in [0.2, 0.25) is 0 Å². The van der Waals surface area contributed by atoms with Gasteiger partial charge in [0.1, 0.15) is 19.0 Å². The van der Waals surface area contributed by atoms with E-state index in [9.17, 15) is 0 Å². The molecule has 0 atom stereocenters. The van der Waals surface area contributed by atoms with Crippen molar-refractivity contribution < 1.29 is 14.2 Å². The molecule has 0 aliphatic heterocycles. The Morgan fingerprint density at radius 1 is 0.794 bits per heavy atom. The number of pyridine rings is 1. The summed E-state index contributed by atoms with van der Waals surface area (Å²) in [6, 6.07) is 29.6. The van der Waals surface area contributed by atoms with E-state index in [2.05, 4.69) is 10.9 Å². The molecule has 0 saturated carbocycles. The summed E-state index contributed by atoms with van der Waals surface area (Å²) in [6.45, 7) is 4.76. The van der Waals surface area contributed by atoms with Crippen LogP contribution in [0.1, 0.15) is 30.5 Å². The van der Waals surface area contributed by atoms with Crippen molar-refractivity contribution in [2.75, 3.05) is 0 Å². The Morgan fingerprint density at radius 3 is 2.06 bits per heavy atom. The van der Waals surface area contributed by atoms with Crippen LogP contribution in [-0.2, 0) is 13.2 Å². The van der Waals surface area contributed by atoms with Gasteiger partial charge < -0.3 is 14.2 Å². The zero-order valence-corrected chi connectivity index (χ0v) is 19.4. The minimum absolute atomic E-state index is 0.0328. The van der Waals surface area contributed by atoms with Gasteiger partial charge in [-0.25, -0.2) is 0 Å². The van der Waals surface area contributed by atoms with E-state index in [1.54, 1.807) is 0 Å². The number of nitrogens with zero attached hydrogens (tertiary/aromatic N) is 1. The van der Waals surface area contributed by atoms with E-state index >= 15 is 0 Å². The topological polar surface area (TPSA) is 40.6 Å². The van der Waals surface area contributed by atoms with Crippen LogP contribution < -0.4 is 14.2 Å². The molecule has 0 radical (unpaired) electrons. The molecule has 4 aromatic rings. The maximum absolute atomic E-state index is 6.16. The molecule has 0 unspecified atom stereocenters. The molecule has 3 aromatic carbocycles. The summed E-state index contributed by atoms with van der Waals surface area (Å²) in [5.74, 6) is 4.39. The number of rotatable bonds is 9. The molecule has 1 aromatic heterocycles. The van der Waals surface area contributed by atoms with Gasteiger partial charge in [-0.05, 0) is 48.7 Å². The summed E-state index contributed by atoms with van der Waals surface area (Å²) in [6.07, 6.45) is 5.80. The fourth-order valence-electron chi connectivity index (χ4n) is 3.46. The Kier molecular flexibility index (Phi) is 7.47. The quantitative estimate of drug-likeness (QED) is 0.267. The first kappa shape index (κ1) is 22.9. The molecule has 4 nitrogen and oxygen atoms in total. The molecule has 0 fully saturated rings. The third-order valence-electron chi connectivity index (χ3n) is 5.09. The zero-order chi connectivity index (χ0) is 23.8. The van der Waals surface area contributed by atoms with Crippen molar-refractivity contribution in [3.8, 4) is 41.0 Å². The lowest BCUT2D eigenvalue weighted by molar-refractivity contribution is 0.242. The molecular formula is C30H27NO3. The predicted molar refractivity (Wildman–Crippen MR) is 135 cm³/mol. The van der Waals surface area contributed by atoms with E-state index in [1.807, 2.05) is 105 Å². The zero-order valence-electron chi connectivity index (χ0n) is 19.4. The summed E-state index contributed by atoms with van der Waals surface area (Å²) in [7, 11) is 0. The van der Waals surface area contributed by atoms with Crippen LogP contribution in [0, 0.1) is 12.3 Å². The van der Waals surface area contributed by atoms with Gasteiger partial charge in [-0.2, -0.15) is 4.98 Å². The summed E-state index contributed by atoms with van der Waals surface area (Å²) in [5, 5.41) is 0. The van der Waals surface area contributed by atoms with Crippen molar-refractivity contribution in [1.82, 2.24) is 4.98 Å². The fraction of sp³-hybridized carbons (Fsp3) is 0.167. The highest BCUT2D eigenvalue weighted by Crippen LogP contribution is 2.34. The molecule has 34 heavy (non-hydrogen) atoms. The van der Waals surface area contributed by atoms with Crippen molar-refractivity contribution in [2.24, 2.45) is 0 Å². The molecule has 4 rings (SSSR count). The summed E-state index contributed by atoms with van der Waals surface area (Å²) in [5.41, 5.74) is 4.53. The van der Waals surface area contributed by atoms with Crippen LogP contribution in [0.25, 0.3) is 11.1 Å². The SMILES string of the molecule is C#Cc1cc(-c2ccc(OCc3ccccc3)nc2OCc2ccccc2)ccc1OC(C)C. The highest BCUT2D eigenvalue weighted by molar-refractivity contribution is 5.72. The van der Waals surface area contributed by atoms with Crippen molar-refractivity contribution in [1.29, 1.82) is 0 Å². The number of terminal acetylenes is 1. The molecule has 0 bridgehead atoms. The lowest BCUT2D eigenvalue weighted by atomic mass is 10.0. The van der Waals surface area contributed by atoms with Gasteiger partial charge in [0.2, 0.25) is 11.8 Å². The second kappa shape index (κ2) is 11.1. The summed E-state index contributed by atoms with van der Waals surface area (Å²) < 4.78 is 18.0. The van der Waals surface area contributed by atoms with Gasteiger partial charge in [0.25, 0.3) is 0 Å². The third kappa shape index (κ3) is 5.96. The maximum atomic E-state index is 6.16. The Labute approximate surface area is 201 Å². The number of ether oxygens (including phenoxy) is 3. The van der Waals surface area contributed by atoms with Crippen molar-refractivity contribution >= 4 is 0 Å². The molecule has 1 heterocycles. The first-order valence-corrected chi connectivity index (χ1v) is 11.2. The molecular weight excluding hydrogens is 422 g/mol. The number of hydrogen-bond donors (Lipinski definition) is 0. The Balaban J connectivity index is 1.64. The molecule has 0 aliphatic carbocycles. The highest BCUT2D eigenvalue weighted by atomic mass is 16.5. The fourth-order valence-corrected chi connectivity index (χ4v) is 3.46. The Morgan fingerprint density at radius 2 is 1.44 bits per heavy atom. The smallest absolute Gasteiger partial charge is 0.225 e. The molecule has 170 valence electrons. The van der Waals surface area contributed by atoms with Crippen LogP contribution in [0.4, 0.5) is 0 Å². The van der Waals surface area contributed by atoms with Crippen molar-refractivity contribution in [3.05, 3.63) is 108 Å². The minimum atomic E-state index is 0.0328. The van der Waals surface area contributed by atoms with Crippen molar-refractivity contribution in [3.63, 3.8) is 0 Å². The molecule has 4 heteroatoms. The van der Waals surface area contributed by atoms with Crippen LogP contribution in [0.15, 0.2) is 91.0 Å². The highest BCUT2D eigenvalue weighted by Gasteiger charge is 2.14. The lowest BCUT2D eigenvalue weighted by Crippen LogP contribution is -2.07. The molecule has 0 N–H and O–H groups in total. The van der Waals surface area contributed by atoms with Gasteiger partial charge in [-0.3, -0.25) is 0 Å². The molecule has 0 saturated heterocycles. The van der Waals surface area contributed by atoms with Gasteiger partial charge in [-0.15, -0.1) is 6.42 Å². The van der Waals surface area contributed by atoms with Crippen molar-refractivity contribution in [2.45, 2.75) is 33.2 Å². The van der Waals surface area contributed by atoms with Crippen LogP contribution in [0.3, 0.4) is 0 Å². The first-order valence-electron chi connectivity index (χ1n) is 11.2. The van der Waals surface area contributed by atoms with Gasteiger partial charge in [-0.1, -0.05) is 72.7 Å². The standard InChI is InChI=1S/C30H27NO3/c1-4-25-19-26(15-17-28(25)34-22(2)3)27-16-18-29(32-20-23-11-7-5-8-12-23)31-30(27)33-21-24-13-9-6-10-14-24/h1,5-19,22H,20-21H2,2-3H3. The number of benzene rings is 3. The molecule has 0 amide bonds.